The second-order valence-electron chi connectivity index (χ2n) is 8.92. The molecule has 0 fully saturated rings. The van der Waals surface area contributed by atoms with Crippen LogP contribution in [0.1, 0.15) is 31.8 Å². The Morgan fingerprint density at radius 2 is 1.21 bits per heavy atom. The van der Waals surface area contributed by atoms with E-state index < -0.39 is 18.0 Å². The number of hydrogen-bond donors (Lipinski definition) is 4. The third-order valence-corrected chi connectivity index (χ3v) is 6.33. The van der Waals surface area contributed by atoms with Crippen molar-refractivity contribution in [1.29, 1.82) is 0 Å². The van der Waals surface area contributed by atoms with Gasteiger partial charge in [-0.2, -0.15) is 0 Å². The minimum Gasteiger partial charge on any atom is -0.478 e. The van der Waals surface area contributed by atoms with Crippen molar-refractivity contribution < 1.29 is 24.6 Å². The van der Waals surface area contributed by atoms with E-state index in [1.807, 2.05) is 42.5 Å². The Kier molecular flexibility index (Phi) is 8.30. The lowest BCUT2D eigenvalue weighted by Gasteiger charge is -2.17. The van der Waals surface area contributed by atoms with Crippen molar-refractivity contribution in [3.63, 3.8) is 0 Å². The number of nitrogens with two attached hydrogens (primary N) is 1. The summed E-state index contributed by atoms with van der Waals surface area (Å²) in [4.78, 5) is 36.4. The molecule has 0 saturated heterocycles. The molecule has 0 aliphatic heterocycles. The number of hydrogen-bond acceptors (Lipinski definition) is 4. The maximum absolute atomic E-state index is 12.5. The molecule has 1 amide bonds. The molecule has 38 heavy (non-hydrogen) atoms. The van der Waals surface area contributed by atoms with Crippen LogP contribution in [-0.4, -0.2) is 40.6 Å². The summed E-state index contributed by atoms with van der Waals surface area (Å²) in [5.41, 5.74) is 10.3. The summed E-state index contributed by atoms with van der Waals surface area (Å²) >= 11 is 0. The Labute approximate surface area is 220 Å². The van der Waals surface area contributed by atoms with Gasteiger partial charge in [0.1, 0.15) is 0 Å². The number of nitrogens with one attached hydrogen (secondary N) is 1. The summed E-state index contributed by atoms with van der Waals surface area (Å²) in [5, 5.41) is 22.4. The van der Waals surface area contributed by atoms with Gasteiger partial charge in [0.05, 0.1) is 17.2 Å². The predicted octanol–water partition coefficient (Wildman–Crippen LogP) is 4.65. The highest BCUT2D eigenvalue weighted by molar-refractivity contribution is 6.02. The van der Waals surface area contributed by atoms with E-state index in [4.69, 9.17) is 5.73 Å². The third-order valence-electron chi connectivity index (χ3n) is 6.33. The zero-order chi connectivity index (χ0) is 27.1. The minimum absolute atomic E-state index is 0.110. The van der Waals surface area contributed by atoms with Crippen LogP contribution in [0.15, 0.2) is 97.1 Å². The number of benzene rings is 4. The second-order valence-corrected chi connectivity index (χ2v) is 8.92. The van der Waals surface area contributed by atoms with E-state index >= 15 is 0 Å². The molecule has 4 aromatic rings. The van der Waals surface area contributed by atoms with Gasteiger partial charge in [-0.25, -0.2) is 9.59 Å². The molecule has 5 N–H and O–H groups in total. The van der Waals surface area contributed by atoms with Gasteiger partial charge >= 0.3 is 11.9 Å². The summed E-state index contributed by atoms with van der Waals surface area (Å²) in [6, 6.07) is 27.6. The first-order valence-corrected chi connectivity index (χ1v) is 12.2. The molecule has 0 aliphatic carbocycles. The fraction of sp³-hybridized carbons (Fsp3) is 0.129. The van der Waals surface area contributed by atoms with Crippen molar-refractivity contribution in [3.8, 4) is 22.3 Å². The highest BCUT2D eigenvalue weighted by Gasteiger charge is 2.19. The monoisotopic (exact) mass is 508 g/mol. The first kappa shape index (κ1) is 26.3. The topological polar surface area (TPSA) is 130 Å². The van der Waals surface area contributed by atoms with Gasteiger partial charge in [-0.1, -0.05) is 84.9 Å². The smallest absolute Gasteiger partial charge is 0.336 e. The molecule has 192 valence electrons. The van der Waals surface area contributed by atoms with Crippen LogP contribution in [0.5, 0.6) is 0 Å². The number of carbonyl (C=O) groups excluding carboxylic acids is 1. The predicted molar refractivity (Wildman–Crippen MR) is 146 cm³/mol. The highest BCUT2D eigenvalue weighted by Crippen LogP contribution is 2.36. The van der Waals surface area contributed by atoms with Crippen LogP contribution < -0.4 is 11.1 Å². The molecule has 0 aliphatic rings. The number of carboxylic acids is 2. The first-order valence-electron chi connectivity index (χ1n) is 12.2. The molecule has 0 saturated carbocycles. The molecule has 0 heterocycles. The highest BCUT2D eigenvalue weighted by atomic mass is 16.4. The molecule has 0 spiro atoms. The van der Waals surface area contributed by atoms with Crippen LogP contribution in [0.2, 0.25) is 0 Å². The summed E-state index contributed by atoms with van der Waals surface area (Å²) in [5.74, 6) is -2.41. The third kappa shape index (κ3) is 6.14. The molecule has 7 nitrogen and oxygen atoms in total. The van der Waals surface area contributed by atoms with Gasteiger partial charge in [-0.15, -0.1) is 0 Å². The van der Waals surface area contributed by atoms with E-state index in [9.17, 15) is 24.6 Å². The number of aromatic carboxylic acids is 2. The Bertz CT molecular complexity index is 1470. The van der Waals surface area contributed by atoms with E-state index in [-0.39, 0.29) is 17.0 Å². The van der Waals surface area contributed by atoms with Crippen LogP contribution in [0.25, 0.3) is 22.3 Å². The largest absolute Gasteiger partial charge is 0.478 e. The Morgan fingerprint density at radius 1 is 0.658 bits per heavy atom. The van der Waals surface area contributed by atoms with Gasteiger partial charge in [0.25, 0.3) is 0 Å². The van der Waals surface area contributed by atoms with Crippen molar-refractivity contribution in [2.45, 2.75) is 18.9 Å². The molecule has 1 atom stereocenters. The lowest BCUT2D eigenvalue weighted by Crippen LogP contribution is -2.42. The summed E-state index contributed by atoms with van der Waals surface area (Å²) in [6.45, 7) is 0.340. The SMILES string of the molecule is NC(Cc1ccccc1)C(=O)NCCc1ccc(-c2ccccc2C(=O)O)c(-c2ccccc2C(=O)O)c1. The van der Waals surface area contributed by atoms with Gasteiger partial charge in [0.2, 0.25) is 5.91 Å². The Morgan fingerprint density at radius 3 is 1.82 bits per heavy atom. The average molecular weight is 509 g/mol. The van der Waals surface area contributed by atoms with E-state index in [0.717, 1.165) is 11.1 Å². The summed E-state index contributed by atoms with van der Waals surface area (Å²) < 4.78 is 0. The number of carboxylic acid groups (broad SMARTS) is 2. The quantitative estimate of drug-likeness (QED) is 0.247. The molecular formula is C31H28N2O5. The zero-order valence-electron chi connectivity index (χ0n) is 20.6. The normalized spacial score (nSPS) is 11.5. The van der Waals surface area contributed by atoms with Gasteiger partial charge in [0, 0.05) is 6.54 Å². The summed E-state index contributed by atoms with van der Waals surface area (Å²) in [6.07, 6.45) is 0.910. The Balaban J connectivity index is 1.61. The molecule has 7 heteroatoms. The minimum atomic E-state index is -1.08. The second kappa shape index (κ2) is 12.0. The molecule has 0 aromatic heterocycles. The van der Waals surface area contributed by atoms with E-state index in [2.05, 4.69) is 5.32 Å². The van der Waals surface area contributed by atoms with Gasteiger partial charge < -0.3 is 21.3 Å². The van der Waals surface area contributed by atoms with Crippen molar-refractivity contribution in [3.05, 3.63) is 119 Å². The molecule has 1 unspecified atom stereocenters. The van der Waals surface area contributed by atoms with Crippen molar-refractivity contribution >= 4 is 17.8 Å². The number of rotatable bonds is 10. The zero-order valence-corrected chi connectivity index (χ0v) is 20.6. The van der Waals surface area contributed by atoms with E-state index in [1.165, 1.54) is 12.1 Å². The summed E-state index contributed by atoms with van der Waals surface area (Å²) in [7, 11) is 0. The fourth-order valence-corrected chi connectivity index (χ4v) is 4.44. The van der Waals surface area contributed by atoms with Crippen LogP contribution >= 0.6 is 0 Å². The van der Waals surface area contributed by atoms with Gasteiger partial charge in [0.15, 0.2) is 0 Å². The standard InChI is InChI=1S/C31H28N2O5/c32-28(19-20-8-2-1-3-9-20)29(34)33-17-16-21-14-15-24(22-10-4-6-12-25(22)30(35)36)27(18-21)23-11-5-7-13-26(23)31(37)38/h1-15,18,28H,16-17,19,32H2,(H,33,34)(H,35,36)(H,37,38). The van der Waals surface area contributed by atoms with Gasteiger partial charge in [-0.3, -0.25) is 4.79 Å². The fourth-order valence-electron chi connectivity index (χ4n) is 4.44. The lowest BCUT2D eigenvalue weighted by atomic mass is 9.88. The van der Waals surface area contributed by atoms with E-state index in [0.29, 0.717) is 41.6 Å². The average Bonchev–Trinajstić information content (AvgIpc) is 2.93. The number of carbonyl (C=O) groups is 3. The van der Waals surface area contributed by atoms with Crippen LogP contribution in [0.3, 0.4) is 0 Å². The first-order chi connectivity index (χ1) is 18.3. The maximum Gasteiger partial charge on any atom is 0.336 e. The molecule has 0 radical (unpaired) electrons. The molecule has 4 aromatic carbocycles. The lowest BCUT2D eigenvalue weighted by molar-refractivity contribution is -0.122. The van der Waals surface area contributed by atoms with Crippen molar-refractivity contribution in [2.24, 2.45) is 5.73 Å². The molecule has 0 bridgehead atoms. The van der Waals surface area contributed by atoms with Crippen LogP contribution in [0, 0.1) is 0 Å². The van der Waals surface area contributed by atoms with Crippen molar-refractivity contribution in [2.75, 3.05) is 6.54 Å². The molecular weight excluding hydrogens is 480 g/mol. The molecule has 4 rings (SSSR count). The maximum atomic E-state index is 12.5. The van der Waals surface area contributed by atoms with Gasteiger partial charge in [-0.05, 0) is 58.4 Å². The van der Waals surface area contributed by atoms with Crippen molar-refractivity contribution in [1.82, 2.24) is 5.32 Å². The van der Waals surface area contributed by atoms with Crippen LogP contribution in [-0.2, 0) is 17.6 Å². The van der Waals surface area contributed by atoms with E-state index in [1.54, 1.807) is 42.5 Å². The number of amides is 1. The Hall–Kier alpha value is -4.75. The van der Waals surface area contributed by atoms with Crippen LogP contribution in [0.4, 0.5) is 0 Å².